The van der Waals surface area contributed by atoms with Gasteiger partial charge in [0.25, 0.3) is 5.91 Å². The fraction of sp³-hybridized carbons (Fsp3) is 0. The summed E-state index contributed by atoms with van der Waals surface area (Å²) in [7, 11) is 0. The maximum absolute atomic E-state index is 12.7. The Bertz CT molecular complexity index is 1080. The third kappa shape index (κ3) is 3.92. The van der Waals surface area contributed by atoms with Crippen LogP contribution in [0.3, 0.4) is 0 Å². The number of halogens is 1. The molecule has 4 aromatic rings. The molecule has 3 nitrogen and oxygen atoms in total. The summed E-state index contributed by atoms with van der Waals surface area (Å²) in [5.41, 5.74) is 3.24. The Morgan fingerprint density at radius 1 is 0.852 bits per heavy atom. The molecule has 0 saturated carbocycles. The van der Waals surface area contributed by atoms with Crippen molar-refractivity contribution in [1.82, 2.24) is 4.98 Å². The van der Waals surface area contributed by atoms with Crippen LogP contribution in [-0.4, -0.2) is 10.9 Å². The topological polar surface area (TPSA) is 42.0 Å². The van der Waals surface area contributed by atoms with Crippen molar-refractivity contribution in [1.29, 1.82) is 0 Å². The highest BCUT2D eigenvalue weighted by Gasteiger charge is 2.17. The number of nitrogens with zero attached hydrogens (tertiary/aromatic N) is 1. The van der Waals surface area contributed by atoms with E-state index in [1.807, 2.05) is 60.7 Å². The zero-order valence-electron chi connectivity index (χ0n) is 14.2. The first-order valence-electron chi connectivity index (χ1n) is 8.39. The Labute approximate surface area is 166 Å². The van der Waals surface area contributed by atoms with Crippen molar-refractivity contribution in [3.05, 3.63) is 95.5 Å². The van der Waals surface area contributed by atoms with Gasteiger partial charge in [0, 0.05) is 21.7 Å². The highest BCUT2D eigenvalue weighted by Crippen LogP contribution is 2.38. The molecule has 0 bridgehead atoms. The number of carbonyl (C=O) groups is 1. The first-order valence-corrected chi connectivity index (χ1v) is 9.59. The van der Waals surface area contributed by atoms with Crippen LogP contribution >= 0.6 is 22.9 Å². The molecule has 0 atom stereocenters. The average molecular weight is 391 g/mol. The number of aromatic nitrogens is 1. The lowest BCUT2D eigenvalue weighted by Crippen LogP contribution is -2.11. The second-order valence-corrected chi connectivity index (χ2v) is 7.33. The van der Waals surface area contributed by atoms with Gasteiger partial charge in [-0.15, -0.1) is 0 Å². The van der Waals surface area contributed by atoms with Gasteiger partial charge in [0.15, 0.2) is 0 Å². The van der Waals surface area contributed by atoms with E-state index in [0.717, 1.165) is 21.8 Å². The summed E-state index contributed by atoms with van der Waals surface area (Å²) in [6.45, 7) is 0. The fourth-order valence-electron chi connectivity index (χ4n) is 2.71. The zero-order chi connectivity index (χ0) is 18.6. The second kappa shape index (κ2) is 7.74. The Morgan fingerprint density at radius 3 is 2.19 bits per heavy atom. The van der Waals surface area contributed by atoms with Gasteiger partial charge in [-0.3, -0.25) is 4.79 Å². The largest absolute Gasteiger partial charge is 0.312 e. The second-order valence-electron chi connectivity index (χ2n) is 5.89. The van der Waals surface area contributed by atoms with Crippen molar-refractivity contribution in [2.24, 2.45) is 0 Å². The molecule has 3 aromatic carbocycles. The van der Waals surface area contributed by atoms with E-state index in [0.29, 0.717) is 15.6 Å². The standard InChI is InChI=1S/C22H15ClN2OS/c23-18-13-7-12-17(14-18)20(26)25-22-19(15-8-3-1-4-9-15)24-21(27-22)16-10-5-2-6-11-16/h1-14H,(H,25,26). The number of benzene rings is 3. The van der Waals surface area contributed by atoms with E-state index < -0.39 is 0 Å². The van der Waals surface area contributed by atoms with E-state index in [1.165, 1.54) is 11.3 Å². The summed E-state index contributed by atoms with van der Waals surface area (Å²) in [4.78, 5) is 17.5. The highest BCUT2D eigenvalue weighted by molar-refractivity contribution is 7.19. The van der Waals surface area contributed by atoms with E-state index in [2.05, 4.69) is 5.32 Å². The van der Waals surface area contributed by atoms with Crippen LogP contribution in [0.5, 0.6) is 0 Å². The number of rotatable bonds is 4. The molecule has 0 aliphatic rings. The Kier molecular flexibility index (Phi) is 5.01. The minimum Gasteiger partial charge on any atom is -0.312 e. The Morgan fingerprint density at radius 2 is 1.52 bits per heavy atom. The summed E-state index contributed by atoms with van der Waals surface area (Å²) < 4.78 is 0. The van der Waals surface area contributed by atoms with E-state index >= 15 is 0 Å². The number of nitrogens with one attached hydrogen (secondary N) is 1. The van der Waals surface area contributed by atoms with Crippen LogP contribution in [0.2, 0.25) is 5.02 Å². The number of carbonyl (C=O) groups excluding carboxylic acids is 1. The van der Waals surface area contributed by atoms with Crippen molar-refractivity contribution in [3.8, 4) is 21.8 Å². The van der Waals surface area contributed by atoms with Gasteiger partial charge in [-0.2, -0.15) is 0 Å². The van der Waals surface area contributed by atoms with E-state index in [4.69, 9.17) is 16.6 Å². The average Bonchev–Trinajstić information content (AvgIpc) is 3.13. The Balaban J connectivity index is 1.74. The van der Waals surface area contributed by atoms with Gasteiger partial charge in [-0.05, 0) is 18.2 Å². The lowest BCUT2D eigenvalue weighted by Gasteiger charge is -2.05. The van der Waals surface area contributed by atoms with Gasteiger partial charge < -0.3 is 5.32 Å². The van der Waals surface area contributed by atoms with Crippen LogP contribution < -0.4 is 5.32 Å². The maximum atomic E-state index is 12.7. The van der Waals surface area contributed by atoms with Crippen LogP contribution in [0, 0.1) is 0 Å². The van der Waals surface area contributed by atoms with Crippen molar-refractivity contribution in [3.63, 3.8) is 0 Å². The quantitative estimate of drug-likeness (QED) is 0.439. The van der Waals surface area contributed by atoms with Crippen LogP contribution in [0.15, 0.2) is 84.9 Å². The van der Waals surface area contributed by atoms with Gasteiger partial charge >= 0.3 is 0 Å². The van der Waals surface area contributed by atoms with Crippen molar-refractivity contribution in [2.75, 3.05) is 5.32 Å². The van der Waals surface area contributed by atoms with Crippen molar-refractivity contribution < 1.29 is 4.79 Å². The number of amides is 1. The summed E-state index contributed by atoms with van der Waals surface area (Å²) in [6.07, 6.45) is 0. The van der Waals surface area contributed by atoms with Crippen LogP contribution in [0.4, 0.5) is 5.00 Å². The molecule has 0 aliphatic carbocycles. The minimum absolute atomic E-state index is 0.210. The number of thiazole rings is 1. The first kappa shape index (κ1) is 17.5. The van der Waals surface area contributed by atoms with Gasteiger partial charge in [0.1, 0.15) is 15.7 Å². The van der Waals surface area contributed by atoms with Crippen LogP contribution in [0.25, 0.3) is 21.8 Å². The molecule has 132 valence electrons. The third-order valence-corrected chi connectivity index (χ3v) is 5.26. The lowest BCUT2D eigenvalue weighted by molar-refractivity contribution is 0.102. The normalized spacial score (nSPS) is 10.6. The molecule has 0 spiro atoms. The highest BCUT2D eigenvalue weighted by atomic mass is 35.5. The van der Waals surface area contributed by atoms with E-state index in [-0.39, 0.29) is 5.91 Å². The van der Waals surface area contributed by atoms with Gasteiger partial charge in [0.05, 0.1) is 0 Å². The Hall–Kier alpha value is -2.95. The summed E-state index contributed by atoms with van der Waals surface area (Å²) >= 11 is 7.47. The molecular weight excluding hydrogens is 376 g/mol. The van der Waals surface area contributed by atoms with Crippen molar-refractivity contribution >= 4 is 33.8 Å². The van der Waals surface area contributed by atoms with Gasteiger partial charge in [-0.1, -0.05) is 89.7 Å². The predicted octanol–water partition coefficient (Wildman–Crippen LogP) is 6.38. The summed E-state index contributed by atoms with van der Waals surface area (Å²) in [5, 5.41) is 5.10. The molecule has 0 unspecified atom stereocenters. The fourth-order valence-corrected chi connectivity index (χ4v) is 3.88. The molecule has 0 fully saturated rings. The first-order chi connectivity index (χ1) is 13.2. The predicted molar refractivity (Wildman–Crippen MR) is 112 cm³/mol. The molecule has 0 radical (unpaired) electrons. The SMILES string of the molecule is O=C(Nc1sc(-c2ccccc2)nc1-c1ccccc1)c1cccc(Cl)c1. The van der Waals surface area contributed by atoms with E-state index in [9.17, 15) is 4.79 Å². The monoisotopic (exact) mass is 390 g/mol. The zero-order valence-corrected chi connectivity index (χ0v) is 15.8. The number of hydrogen-bond donors (Lipinski definition) is 1. The smallest absolute Gasteiger partial charge is 0.256 e. The van der Waals surface area contributed by atoms with Crippen molar-refractivity contribution in [2.45, 2.75) is 0 Å². The van der Waals surface area contributed by atoms with Gasteiger partial charge in [-0.25, -0.2) is 4.98 Å². The van der Waals surface area contributed by atoms with Crippen LogP contribution in [0.1, 0.15) is 10.4 Å². The van der Waals surface area contributed by atoms with Crippen LogP contribution in [-0.2, 0) is 0 Å². The number of anilines is 1. The molecule has 1 amide bonds. The molecule has 27 heavy (non-hydrogen) atoms. The molecule has 0 saturated heterocycles. The lowest BCUT2D eigenvalue weighted by atomic mass is 10.1. The molecule has 5 heteroatoms. The number of hydrogen-bond acceptors (Lipinski definition) is 3. The summed E-state index contributed by atoms with van der Waals surface area (Å²) in [6, 6.07) is 26.7. The maximum Gasteiger partial charge on any atom is 0.256 e. The molecule has 4 rings (SSSR count). The van der Waals surface area contributed by atoms with Gasteiger partial charge in [0.2, 0.25) is 0 Å². The molecule has 0 aliphatic heterocycles. The van der Waals surface area contributed by atoms with E-state index in [1.54, 1.807) is 24.3 Å². The molecular formula is C22H15ClN2OS. The molecule has 1 N–H and O–H groups in total. The minimum atomic E-state index is -0.210. The summed E-state index contributed by atoms with van der Waals surface area (Å²) in [5.74, 6) is -0.210. The third-order valence-electron chi connectivity index (χ3n) is 4.01. The molecule has 1 aromatic heterocycles. The molecule has 1 heterocycles.